The third-order valence-electron chi connectivity index (χ3n) is 4.56. The van der Waals surface area contributed by atoms with Gasteiger partial charge in [0.2, 0.25) is 0 Å². The van der Waals surface area contributed by atoms with Crippen molar-refractivity contribution < 1.29 is 9.47 Å². The molecule has 0 aliphatic carbocycles. The van der Waals surface area contributed by atoms with E-state index in [-0.39, 0.29) is 0 Å². The Balaban J connectivity index is 2.25. The van der Waals surface area contributed by atoms with Crippen LogP contribution in [0.2, 0.25) is 0 Å². The number of hydrogen-bond donors (Lipinski definition) is 1. The van der Waals surface area contributed by atoms with Gasteiger partial charge >= 0.3 is 0 Å². The van der Waals surface area contributed by atoms with Crippen molar-refractivity contribution in [1.82, 2.24) is 9.97 Å². The van der Waals surface area contributed by atoms with Crippen LogP contribution in [0.5, 0.6) is 11.5 Å². The minimum Gasteiger partial charge on any atom is -0.497 e. The first-order valence-electron chi connectivity index (χ1n) is 7.56. The van der Waals surface area contributed by atoms with Crippen LogP contribution in [-0.4, -0.2) is 24.2 Å². The summed E-state index contributed by atoms with van der Waals surface area (Å²) in [6.45, 7) is 4.21. The highest BCUT2D eigenvalue weighted by molar-refractivity contribution is 6.16. The molecule has 0 fully saturated rings. The van der Waals surface area contributed by atoms with Crippen LogP contribution in [0.4, 0.5) is 0 Å². The Labute approximate surface area is 134 Å². The quantitative estimate of drug-likeness (QED) is 0.593. The van der Waals surface area contributed by atoms with E-state index in [4.69, 9.17) is 14.5 Å². The normalized spacial score (nSPS) is 11.5. The average molecular weight is 306 g/mol. The fraction of sp³-hybridized carbons (Fsp3) is 0.211. The lowest BCUT2D eigenvalue weighted by molar-refractivity contribution is 0.398. The van der Waals surface area contributed by atoms with Gasteiger partial charge in [0.05, 0.1) is 30.6 Å². The van der Waals surface area contributed by atoms with E-state index in [0.717, 1.165) is 39.0 Å². The fourth-order valence-corrected chi connectivity index (χ4v) is 3.34. The number of benzene rings is 2. The SMILES string of the molecule is COc1cc(OC)c2c(c1)nc1c(C)c3cc[nH]c(C)c3cc12. The molecule has 0 unspecified atom stereocenters. The molecular weight excluding hydrogens is 288 g/mol. The molecule has 1 N–H and O–H groups in total. The summed E-state index contributed by atoms with van der Waals surface area (Å²) in [7, 11) is 3.34. The van der Waals surface area contributed by atoms with Crippen molar-refractivity contribution in [3.8, 4) is 11.5 Å². The molecule has 116 valence electrons. The topological polar surface area (TPSA) is 47.1 Å². The fourth-order valence-electron chi connectivity index (χ4n) is 3.34. The molecule has 0 saturated heterocycles. The molecule has 4 nitrogen and oxygen atoms in total. The second-order valence-corrected chi connectivity index (χ2v) is 5.80. The van der Waals surface area contributed by atoms with Gasteiger partial charge in [-0.25, -0.2) is 4.98 Å². The Morgan fingerprint density at radius 2 is 1.78 bits per heavy atom. The molecule has 0 bridgehead atoms. The summed E-state index contributed by atoms with van der Waals surface area (Å²) >= 11 is 0. The van der Waals surface area contributed by atoms with Crippen molar-refractivity contribution in [3.63, 3.8) is 0 Å². The number of pyridine rings is 1. The zero-order valence-electron chi connectivity index (χ0n) is 13.7. The molecule has 23 heavy (non-hydrogen) atoms. The second-order valence-electron chi connectivity index (χ2n) is 5.80. The second kappa shape index (κ2) is 4.88. The van der Waals surface area contributed by atoms with E-state index in [1.54, 1.807) is 14.2 Å². The molecule has 2 heterocycles. The Bertz CT molecular complexity index is 1060. The lowest BCUT2D eigenvalue weighted by atomic mass is 10.0. The molecule has 0 spiro atoms. The van der Waals surface area contributed by atoms with E-state index in [1.165, 1.54) is 16.3 Å². The first-order chi connectivity index (χ1) is 11.1. The maximum atomic E-state index is 5.59. The van der Waals surface area contributed by atoms with Crippen LogP contribution in [-0.2, 0) is 0 Å². The summed E-state index contributed by atoms with van der Waals surface area (Å²) < 4.78 is 11.0. The molecule has 4 aromatic rings. The Kier molecular flexibility index (Phi) is 2.94. The molecule has 0 saturated carbocycles. The van der Waals surface area contributed by atoms with Gasteiger partial charge in [0.15, 0.2) is 0 Å². The number of hydrogen-bond acceptors (Lipinski definition) is 3. The molecule has 2 aromatic heterocycles. The molecule has 0 atom stereocenters. The maximum absolute atomic E-state index is 5.59. The molecule has 2 aromatic carbocycles. The number of H-pyrrole nitrogens is 1. The molecule has 0 aliphatic heterocycles. The lowest BCUT2D eigenvalue weighted by Crippen LogP contribution is -1.88. The van der Waals surface area contributed by atoms with E-state index in [2.05, 4.69) is 31.0 Å². The number of aromatic nitrogens is 2. The van der Waals surface area contributed by atoms with Crippen molar-refractivity contribution in [3.05, 3.63) is 41.7 Å². The lowest BCUT2D eigenvalue weighted by Gasteiger charge is -2.08. The minimum absolute atomic E-state index is 0.754. The molecule has 0 aliphatic rings. The summed E-state index contributed by atoms with van der Waals surface area (Å²) in [6, 6.07) is 8.18. The smallest absolute Gasteiger partial charge is 0.132 e. The Hall–Kier alpha value is -2.75. The summed E-state index contributed by atoms with van der Waals surface area (Å²) in [5.41, 5.74) is 4.25. The van der Waals surface area contributed by atoms with Gasteiger partial charge in [0.25, 0.3) is 0 Å². The van der Waals surface area contributed by atoms with Crippen molar-refractivity contribution in [2.45, 2.75) is 13.8 Å². The van der Waals surface area contributed by atoms with Crippen LogP contribution < -0.4 is 9.47 Å². The maximum Gasteiger partial charge on any atom is 0.132 e. The van der Waals surface area contributed by atoms with Crippen LogP contribution in [0.25, 0.3) is 32.6 Å². The number of aromatic amines is 1. The number of nitrogens with zero attached hydrogens (tertiary/aromatic N) is 1. The Morgan fingerprint density at radius 1 is 0.957 bits per heavy atom. The van der Waals surface area contributed by atoms with Crippen molar-refractivity contribution in [2.24, 2.45) is 0 Å². The Morgan fingerprint density at radius 3 is 2.52 bits per heavy atom. The van der Waals surface area contributed by atoms with Gasteiger partial charge in [-0.3, -0.25) is 0 Å². The minimum atomic E-state index is 0.754. The van der Waals surface area contributed by atoms with E-state index >= 15 is 0 Å². The standard InChI is InChI=1S/C19H18N2O2/c1-10-13-5-6-20-11(2)14(13)9-15-18-16(21-19(10)15)7-12(22-3)8-17(18)23-4/h5-9,20H,1-4H3. The number of rotatable bonds is 2. The van der Waals surface area contributed by atoms with Gasteiger partial charge in [-0.15, -0.1) is 0 Å². The molecule has 4 heteroatoms. The molecule has 0 radical (unpaired) electrons. The van der Waals surface area contributed by atoms with Gasteiger partial charge in [0, 0.05) is 34.8 Å². The van der Waals surface area contributed by atoms with Crippen molar-refractivity contribution >= 4 is 32.6 Å². The van der Waals surface area contributed by atoms with Crippen LogP contribution in [0.15, 0.2) is 30.5 Å². The zero-order valence-corrected chi connectivity index (χ0v) is 13.7. The zero-order chi connectivity index (χ0) is 16.1. The average Bonchev–Trinajstić information content (AvgIpc) is 2.94. The summed E-state index contributed by atoms with van der Waals surface area (Å²) in [5.74, 6) is 1.54. The number of fused-ring (bicyclic) bond motifs is 4. The van der Waals surface area contributed by atoms with E-state index in [9.17, 15) is 0 Å². The first kappa shape index (κ1) is 13.9. The third-order valence-corrected chi connectivity index (χ3v) is 4.56. The number of ether oxygens (including phenoxy) is 2. The summed E-state index contributed by atoms with van der Waals surface area (Å²) in [5, 5.41) is 4.59. The van der Waals surface area contributed by atoms with Gasteiger partial charge in [0.1, 0.15) is 11.5 Å². The predicted molar refractivity (Wildman–Crippen MR) is 93.7 cm³/mol. The van der Waals surface area contributed by atoms with Gasteiger partial charge < -0.3 is 14.5 Å². The highest BCUT2D eigenvalue weighted by Gasteiger charge is 2.16. The van der Waals surface area contributed by atoms with Gasteiger partial charge in [-0.1, -0.05) is 0 Å². The van der Waals surface area contributed by atoms with Crippen molar-refractivity contribution in [2.75, 3.05) is 14.2 Å². The largest absolute Gasteiger partial charge is 0.497 e. The summed E-state index contributed by atoms with van der Waals surface area (Å²) in [6.07, 6.45) is 1.97. The van der Waals surface area contributed by atoms with E-state index in [0.29, 0.717) is 0 Å². The van der Waals surface area contributed by atoms with Crippen LogP contribution in [0.1, 0.15) is 11.3 Å². The highest BCUT2D eigenvalue weighted by Crippen LogP contribution is 2.39. The van der Waals surface area contributed by atoms with Crippen LogP contribution >= 0.6 is 0 Å². The number of aryl methyl sites for hydroxylation is 2. The van der Waals surface area contributed by atoms with Gasteiger partial charge in [-0.2, -0.15) is 0 Å². The predicted octanol–water partition coefficient (Wildman–Crippen LogP) is 4.50. The molecular formula is C19H18N2O2. The monoisotopic (exact) mass is 306 g/mol. The van der Waals surface area contributed by atoms with E-state index in [1.807, 2.05) is 18.3 Å². The summed E-state index contributed by atoms with van der Waals surface area (Å²) in [4.78, 5) is 8.12. The van der Waals surface area contributed by atoms with Gasteiger partial charge in [-0.05, 0) is 36.9 Å². The molecule has 0 amide bonds. The number of nitrogens with one attached hydrogen (secondary N) is 1. The third kappa shape index (κ3) is 1.88. The van der Waals surface area contributed by atoms with Crippen molar-refractivity contribution in [1.29, 1.82) is 0 Å². The van der Waals surface area contributed by atoms with Crippen LogP contribution in [0.3, 0.4) is 0 Å². The molecule has 4 rings (SSSR count). The van der Waals surface area contributed by atoms with Crippen LogP contribution in [0, 0.1) is 13.8 Å². The van der Waals surface area contributed by atoms with E-state index < -0.39 is 0 Å². The first-order valence-corrected chi connectivity index (χ1v) is 7.56. The highest BCUT2D eigenvalue weighted by atomic mass is 16.5. The number of methoxy groups -OCH3 is 2.